The van der Waals surface area contributed by atoms with Crippen LogP contribution in [0.4, 0.5) is 0 Å². The van der Waals surface area contributed by atoms with Crippen LogP contribution in [0.2, 0.25) is 0 Å². The molecule has 0 aliphatic rings. The molecule has 6 nitrogen and oxygen atoms in total. The number of hydrogen-bond acceptors (Lipinski definition) is 5. The van der Waals surface area contributed by atoms with E-state index in [1.165, 1.54) is 0 Å². The first kappa shape index (κ1) is 17.1. The second-order valence-electron chi connectivity index (χ2n) is 4.47. The Morgan fingerprint density at radius 1 is 1.19 bits per heavy atom. The predicted molar refractivity (Wildman–Crippen MR) is 79.0 cm³/mol. The standard InChI is InChI=1S/C15H23NO5/c1-5-21-11-7-13(19-3)12(14(8-11)20-4)6-10(18-2)9-15(16)17/h7-8,10H,5-6,9H2,1-4H3,(H2,16,17). The zero-order valence-electron chi connectivity index (χ0n) is 13.0. The van der Waals surface area contributed by atoms with Gasteiger partial charge in [-0.15, -0.1) is 0 Å². The van der Waals surface area contributed by atoms with E-state index in [-0.39, 0.29) is 12.5 Å². The average molecular weight is 297 g/mol. The van der Waals surface area contributed by atoms with Crippen LogP contribution in [0.5, 0.6) is 17.2 Å². The van der Waals surface area contributed by atoms with Gasteiger partial charge in [-0.3, -0.25) is 4.79 Å². The lowest BCUT2D eigenvalue weighted by atomic mass is 10.0. The highest BCUT2D eigenvalue weighted by atomic mass is 16.5. The molecule has 1 rings (SSSR count). The topological polar surface area (TPSA) is 80.0 Å². The Bertz CT molecular complexity index is 450. The molecule has 1 unspecified atom stereocenters. The number of methoxy groups -OCH3 is 3. The van der Waals surface area contributed by atoms with Gasteiger partial charge < -0.3 is 24.7 Å². The molecule has 0 spiro atoms. The number of nitrogens with two attached hydrogens (primary N) is 1. The van der Waals surface area contributed by atoms with E-state index in [9.17, 15) is 4.79 Å². The molecule has 0 heterocycles. The second-order valence-corrected chi connectivity index (χ2v) is 4.47. The van der Waals surface area contributed by atoms with Gasteiger partial charge in [-0.2, -0.15) is 0 Å². The van der Waals surface area contributed by atoms with E-state index in [2.05, 4.69) is 0 Å². The Labute approximate surface area is 125 Å². The normalized spacial score (nSPS) is 11.8. The molecule has 1 aromatic rings. The molecule has 1 atom stereocenters. The van der Waals surface area contributed by atoms with Crippen LogP contribution in [0.1, 0.15) is 18.9 Å². The Morgan fingerprint density at radius 3 is 2.14 bits per heavy atom. The fourth-order valence-electron chi connectivity index (χ4n) is 2.10. The quantitative estimate of drug-likeness (QED) is 0.748. The van der Waals surface area contributed by atoms with Gasteiger partial charge in [0.1, 0.15) is 17.2 Å². The van der Waals surface area contributed by atoms with Crippen molar-refractivity contribution in [1.82, 2.24) is 0 Å². The van der Waals surface area contributed by atoms with Gasteiger partial charge >= 0.3 is 0 Å². The molecule has 2 N–H and O–H groups in total. The van der Waals surface area contributed by atoms with Gasteiger partial charge in [0, 0.05) is 31.2 Å². The van der Waals surface area contributed by atoms with Gasteiger partial charge in [0.25, 0.3) is 0 Å². The van der Waals surface area contributed by atoms with E-state index in [1.54, 1.807) is 33.5 Å². The fourth-order valence-corrected chi connectivity index (χ4v) is 2.10. The highest BCUT2D eigenvalue weighted by Crippen LogP contribution is 2.35. The Balaban J connectivity index is 3.10. The van der Waals surface area contributed by atoms with Crippen LogP contribution in [0, 0.1) is 0 Å². The number of hydrogen-bond donors (Lipinski definition) is 1. The van der Waals surface area contributed by atoms with Gasteiger partial charge in [0.2, 0.25) is 5.91 Å². The van der Waals surface area contributed by atoms with Crippen molar-refractivity contribution in [3.63, 3.8) is 0 Å². The van der Waals surface area contributed by atoms with Crippen LogP contribution < -0.4 is 19.9 Å². The molecular weight excluding hydrogens is 274 g/mol. The first-order valence-corrected chi connectivity index (χ1v) is 6.74. The predicted octanol–water partition coefficient (Wildman–Crippen LogP) is 1.54. The number of rotatable bonds is 9. The lowest BCUT2D eigenvalue weighted by Crippen LogP contribution is -2.24. The summed E-state index contributed by atoms with van der Waals surface area (Å²) in [7, 11) is 4.69. The van der Waals surface area contributed by atoms with Crippen LogP contribution in [-0.4, -0.2) is 39.9 Å². The molecule has 0 bridgehead atoms. The SMILES string of the molecule is CCOc1cc(OC)c(CC(CC(N)=O)OC)c(OC)c1. The zero-order valence-corrected chi connectivity index (χ0v) is 13.0. The molecule has 0 fully saturated rings. The highest BCUT2D eigenvalue weighted by molar-refractivity contribution is 5.74. The van der Waals surface area contributed by atoms with Gasteiger partial charge in [0.15, 0.2) is 0 Å². The Hall–Kier alpha value is -1.95. The van der Waals surface area contributed by atoms with E-state index in [1.807, 2.05) is 6.92 Å². The molecule has 6 heteroatoms. The van der Waals surface area contributed by atoms with Crippen molar-refractivity contribution in [2.24, 2.45) is 5.73 Å². The summed E-state index contributed by atoms with van der Waals surface area (Å²) in [6, 6.07) is 3.58. The third-order valence-corrected chi connectivity index (χ3v) is 3.09. The highest BCUT2D eigenvalue weighted by Gasteiger charge is 2.19. The summed E-state index contributed by atoms with van der Waals surface area (Å²) in [6.07, 6.45) is 0.261. The lowest BCUT2D eigenvalue weighted by Gasteiger charge is -2.19. The summed E-state index contributed by atoms with van der Waals surface area (Å²) >= 11 is 0. The molecule has 0 aromatic heterocycles. The van der Waals surface area contributed by atoms with Crippen LogP contribution in [0.25, 0.3) is 0 Å². The maximum absolute atomic E-state index is 11.1. The Morgan fingerprint density at radius 2 is 1.76 bits per heavy atom. The van der Waals surface area contributed by atoms with E-state index in [0.29, 0.717) is 30.3 Å². The van der Waals surface area contributed by atoms with Gasteiger partial charge in [0.05, 0.1) is 33.4 Å². The summed E-state index contributed by atoms with van der Waals surface area (Å²) in [5, 5.41) is 0. The molecule has 1 amide bonds. The van der Waals surface area contributed by atoms with Crippen molar-refractivity contribution in [3.05, 3.63) is 17.7 Å². The summed E-state index contributed by atoms with van der Waals surface area (Å²) in [5.74, 6) is 1.51. The van der Waals surface area contributed by atoms with Gasteiger partial charge in [-0.05, 0) is 6.92 Å². The van der Waals surface area contributed by atoms with Crippen molar-refractivity contribution in [3.8, 4) is 17.2 Å². The van der Waals surface area contributed by atoms with E-state index in [4.69, 9.17) is 24.7 Å². The van der Waals surface area contributed by atoms with E-state index < -0.39 is 5.91 Å². The Kier molecular flexibility index (Phi) is 6.81. The summed E-state index contributed by atoms with van der Waals surface area (Å²) < 4.78 is 21.6. The van der Waals surface area contributed by atoms with E-state index >= 15 is 0 Å². The smallest absolute Gasteiger partial charge is 0.220 e. The third kappa shape index (κ3) is 4.82. The van der Waals surface area contributed by atoms with Crippen LogP contribution in [-0.2, 0) is 16.0 Å². The number of carbonyl (C=O) groups excluding carboxylic acids is 1. The fraction of sp³-hybridized carbons (Fsp3) is 0.533. The third-order valence-electron chi connectivity index (χ3n) is 3.09. The first-order valence-electron chi connectivity index (χ1n) is 6.74. The molecule has 21 heavy (non-hydrogen) atoms. The summed E-state index contributed by atoms with van der Waals surface area (Å²) in [5.41, 5.74) is 6.04. The van der Waals surface area contributed by atoms with Gasteiger partial charge in [-0.25, -0.2) is 0 Å². The van der Waals surface area contributed by atoms with Crippen molar-refractivity contribution in [1.29, 1.82) is 0 Å². The average Bonchev–Trinajstić information content (AvgIpc) is 2.47. The van der Waals surface area contributed by atoms with Crippen LogP contribution in [0.3, 0.4) is 0 Å². The molecule has 0 saturated heterocycles. The van der Waals surface area contributed by atoms with Crippen molar-refractivity contribution in [2.45, 2.75) is 25.9 Å². The minimum Gasteiger partial charge on any atom is -0.496 e. The van der Waals surface area contributed by atoms with E-state index in [0.717, 1.165) is 5.56 Å². The second kappa shape index (κ2) is 8.36. The summed E-state index contributed by atoms with van der Waals surface area (Å²) in [6.45, 7) is 2.45. The number of ether oxygens (including phenoxy) is 4. The maximum Gasteiger partial charge on any atom is 0.220 e. The zero-order chi connectivity index (χ0) is 15.8. The number of primary amides is 1. The first-order chi connectivity index (χ1) is 10.0. The molecule has 0 aliphatic carbocycles. The maximum atomic E-state index is 11.1. The summed E-state index contributed by atoms with van der Waals surface area (Å²) in [4.78, 5) is 11.1. The monoisotopic (exact) mass is 297 g/mol. The number of carbonyl (C=O) groups is 1. The molecule has 0 saturated carbocycles. The largest absolute Gasteiger partial charge is 0.496 e. The molecular formula is C15H23NO5. The van der Waals surface area contributed by atoms with Crippen LogP contribution in [0.15, 0.2) is 12.1 Å². The molecule has 0 radical (unpaired) electrons. The lowest BCUT2D eigenvalue weighted by molar-refractivity contribution is -0.120. The van der Waals surface area contributed by atoms with Gasteiger partial charge in [-0.1, -0.05) is 0 Å². The number of benzene rings is 1. The molecule has 1 aromatic carbocycles. The van der Waals surface area contributed by atoms with Crippen LogP contribution >= 0.6 is 0 Å². The minimum absolute atomic E-state index is 0.135. The molecule has 118 valence electrons. The molecule has 0 aliphatic heterocycles. The minimum atomic E-state index is -0.411. The van der Waals surface area contributed by atoms with Crippen molar-refractivity contribution >= 4 is 5.91 Å². The van der Waals surface area contributed by atoms with Crippen molar-refractivity contribution < 1.29 is 23.7 Å². The van der Waals surface area contributed by atoms with Crippen molar-refractivity contribution in [2.75, 3.05) is 27.9 Å². The number of amides is 1.